The molecule has 108 valence electrons. The van der Waals surface area contributed by atoms with Crippen LogP contribution in [0.3, 0.4) is 0 Å². The quantitative estimate of drug-likeness (QED) is 0.887. The van der Waals surface area contributed by atoms with Gasteiger partial charge in [-0.2, -0.15) is 0 Å². The molecule has 3 rings (SSSR count). The van der Waals surface area contributed by atoms with Gasteiger partial charge in [-0.1, -0.05) is 38.5 Å². The zero-order valence-electron chi connectivity index (χ0n) is 12.4. The summed E-state index contributed by atoms with van der Waals surface area (Å²) in [5.74, 6) is 1.54. The van der Waals surface area contributed by atoms with E-state index in [1.807, 2.05) is 18.2 Å². The summed E-state index contributed by atoms with van der Waals surface area (Å²) in [6.07, 6.45) is 3.61. The molecule has 4 unspecified atom stereocenters. The van der Waals surface area contributed by atoms with Crippen molar-refractivity contribution >= 4 is 11.6 Å². The Morgan fingerprint density at radius 3 is 2.90 bits per heavy atom. The van der Waals surface area contributed by atoms with Crippen molar-refractivity contribution in [3.63, 3.8) is 0 Å². The second kappa shape index (κ2) is 5.47. The number of rotatable bonds is 3. The van der Waals surface area contributed by atoms with E-state index in [-0.39, 0.29) is 11.8 Å². The Kier molecular flexibility index (Phi) is 3.68. The first-order chi connectivity index (χ1) is 9.70. The number of para-hydroxylation sites is 1. The molecule has 2 N–H and O–H groups in total. The van der Waals surface area contributed by atoms with Crippen molar-refractivity contribution in [1.82, 2.24) is 5.32 Å². The molecule has 4 atom stereocenters. The van der Waals surface area contributed by atoms with Crippen LogP contribution in [0.2, 0.25) is 0 Å². The second-order valence-corrected chi connectivity index (χ2v) is 6.24. The van der Waals surface area contributed by atoms with Crippen LogP contribution in [0.4, 0.5) is 5.69 Å². The molecule has 1 heterocycles. The first-order valence-electron chi connectivity index (χ1n) is 7.84. The van der Waals surface area contributed by atoms with E-state index in [1.165, 1.54) is 12.8 Å². The Hall–Kier alpha value is -1.51. The predicted molar refractivity (Wildman–Crippen MR) is 81.8 cm³/mol. The summed E-state index contributed by atoms with van der Waals surface area (Å²) in [5.41, 5.74) is 2.25. The van der Waals surface area contributed by atoms with Gasteiger partial charge in [0.1, 0.15) is 0 Å². The smallest absolute Gasteiger partial charge is 0.229 e. The Labute approximate surface area is 121 Å². The fourth-order valence-electron chi connectivity index (χ4n) is 3.83. The Morgan fingerprint density at radius 1 is 1.35 bits per heavy atom. The molecule has 1 aliphatic carbocycles. The van der Waals surface area contributed by atoms with Gasteiger partial charge in [-0.3, -0.25) is 4.79 Å². The highest BCUT2D eigenvalue weighted by Gasteiger charge is 2.35. The number of anilines is 1. The summed E-state index contributed by atoms with van der Waals surface area (Å²) in [4.78, 5) is 12.6. The zero-order chi connectivity index (χ0) is 14.1. The Morgan fingerprint density at radius 2 is 2.15 bits per heavy atom. The van der Waals surface area contributed by atoms with Gasteiger partial charge in [0.05, 0.1) is 5.92 Å². The number of amides is 1. The number of carbonyl (C=O) groups is 1. The van der Waals surface area contributed by atoms with Crippen LogP contribution in [0, 0.1) is 11.8 Å². The van der Waals surface area contributed by atoms with Crippen LogP contribution in [0.5, 0.6) is 0 Å². The summed E-state index contributed by atoms with van der Waals surface area (Å²) < 4.78 is 0. The van der Waals surface area contributed by atoms with E-state index in [0.29, 0.717) is 12.0 Å². The van der Waals surface area contributed by atoms with Crippen LogP contribution in [-0.2, 0) is 4.79 Å². The largest absolute Gasteiger partial charge is 0.384 e. The van der Waals surface area contributed by atoms with Gasteiger partial charge in [0.15, 0.2) is 0 Å². The highest BCUT2D eigenvalue weighted by molar-refractivity contribution is 5.88. The summed E-state index contributed by atoms with van der Waals surface area (Å²) in [6, 6.07) is 8.50. The molecular weight excluding hydrogens is 248 g/mol. The summed E-state index contributed by atoms with van der Waals surface area (Å²) in [6.45, 7) is 5.26. The maximum Gasteiger partial charge on any atom is 0.229 e. The van der Waals surface area contributed by atoms with Crippen LogP contribution >= 0.6 is 0 Å². The van der Waals surface area contributed by atoms with E-state index in [9.17, 15) is 4.79 Å². The standard InChI is InChI=1S/C17H24N2O/c1-3-12-8-9-15(11(12)2)19-17(20)14-10-18-16-7-5-4-6-13(14)16/h4-7,11-12,14-15,18H,3,8-10H2,1-2H3,(H,19,20). The van der Waals surface area contributed by atoms with Crippen molar-refractivity contribution in [2.24, 2.45) is 11.8 Å². The van der Waals surface area contributed by atoms with Gasteiger partial charge in [-0.05, 0) is 36.3 Å². The lowest BCUT2D eigenvalue weighted by Gasteiger charge is -2.22. The maximum atomic E-state index is 12.6. The molecule has 1 aromatic carbocycles. The minimum atomic E-state index is -0.0286. The monoisotopic (exact) mass is 272 g/mol. The van der Waals surface area contributed by atoms with Gasteiger partial charge in [0, 0.05) is 18.3 Å². The molecule has 1 saturated carbocycles. The van der Waals surface area contributed by atoms with Crippen LogP contribution in [0.25, 0.3) is 0 Å². The Bertz CT molecular complexity index is 500. The first-order valence-corrected chi connectivity index (χ1v) is 7.84. The third-order valence-corrected chi connectivity index (χ3v) is 5.23. The molecule has 2 aliphatic rings. The van der Waals surface area contributed by atoms with Gasteiger partial charge in [-0.15, -0.1) is 0 Å². The highest BCUT2D eigenvalue weighted by atomic mass is 16.2. The second-order valence-electron chi connectivity index (χ2n) is 6.24. The van der Waals surface area contributed by atoms with Gasteiger partial charge in [-0.25, -0.2) is 0 Å². The summed E-state index contributed by atoms with van der Waals surface area (Å²) >= 11 is 0. The van der Waals surface area contributed by atoms with Crippen molar-refractivity contribution in [1.29, 1.82) is 0 Å². The number of carbonyl (C=O) groups excluding carboxylic acids is 1. The number of fused-ring (bicyclic) bond motifs is 1. The maximum absolute atomic E-state index is 12.6. The minimum Gasteiger partial charge on any atom is -0.384 e. The summed E-state index contributed by atoms with van der Waals surface area (Å²) in [7, 11) is 0. The molecule has 0 bridgehead atoms. The molecule has 0 saturated heterocycles. The average molecular weight is 272 g/mol. The summed E-state index contributed by atoms with van der Waals surface area (Å²) in [5, 5.41) is 6.62. The van der Waals surface area contributed by atoms with E-state index in [0.717, 1.165) is 30.1 Å². The molecule has 20 heavy (non-hydrogen) atoms. The van der Waals surface area contributed by atoms with E-state index in [1.54, 1.807) is 0 Å². The van der Waals surface area contributed by atoms with Gasteiger partial charge >= 0.3 is 0 Å². The van der Waals surface area contributed by atoms with Crippen molar-refractivity contribution < 1.29 is 4.79 Å². The van der Waals surface area contributed by atoms with Crippen molar-refractivity contribution in [2.75, 3.05) is 11.9 Å². The number of nitrogens with one attached hydrogen (secondary N) is 2. The van der Waals surface area contributed by atoms with E-state index < -0.39 is 0 Å². The fraction of sp³-hybridized carbons (Fsp3) is 0.588. The predicted octanol–water partition coefficient (Wildman–Crippen LogP) is 3.14. The normalized spacial score (nSPS) is 31.7. The third kappa shape index (κ3) is 2.30. The number of benzene rings is 1. The molecule has 1 fully saturated rings. The minimum absolute atomic E-state index is 0.0286. The molecule has 3 nitrogen and oxygen atoms in total. The van der Waals surface area contributed by atoms with Crippen LogP contribution < -0.4 is 10.6 Å². The number of hydrogen-bond donors (Lipinski definition) is 2. The zero-order valence-corrected chi connectivity index (χ0v) is 12.4. The molecule has 1 aromatic rings. The van der Waals surface area contributed by atoms with Crippen LogP contribution in [0.1, 0.15) is 44.6 Å². The van der Waals surface area contributed by atoms with Gasteiger partial charge in [0.2, 0.25) is 5.91 Å². The lowest BCUT2D eigenvalue weighted by Crippen LogP contribution is -2.40. The van der Waals surface area contributed by atoms with E-state index in [2.05, 4.69) is 30.5 Å². The van der Waals surface area contributed by atoms with Crippen molar-refractivity contribution in [3.8, 4) is 0 Å². The SMILES string of the molecule is CCC1CCC(NC(=O)C2CNc3ccccc32)C1C. The van der Waals surface area contributed by atoms with Crippen molar-refractivity contribution in [2.45, 2.75) is 45.1 Å². The van der Waals surface area contributed by atoms with Crippen LogP contribution in [-0.4, -0.2) is 18.5 Å². The lowest BCUT2D eigenvalue weighted by molar-refractivity contribution is -0.123. The van der Waals surface area contributed by atoms with E-state index >= 15 is 0 Å². The first kappa shape index (κ1) is 13.5. The lowest BCUT2D eigenvalue weighted by atomic mass is 9.93. The van der Waals surface area contributed by atoms with Crippen LogP contribution in [0.15, 0.2) is 24.3 Å². The van der Waals surface area contributed by atoms with Crippen molar-refractivity contribution in [3.05, 3.63) is 29.8 Å². The molecule has 0 radical (unpaired) electrons. The molecule has 1 aliphatic heterocycles. The molecule has 0 aromatic heterocycles. The Balaban J connectivity index is 1.67. The molecular formula is C17H24N2O. The molecule has 3 heteroatoms. The van der Waals surface area contributed by atoms with Gasteiger partial charge < -0.3 is 10.6 Å². The third-order valence-electron chi connectivity index (χ3n) is 5.23. The molecule has 1 amide bonds. The highest BCUT2D eigenvalue weighted by Crippen LogP contribution is 2.35. The number of hydrogen-bond acceptors (Lipinski definition) is 2. The fourth-order valence-corrected chi connectivity index (χ4v) is 3.83. The molecule has 0 spiro atoms. The van der Waals surface area contributed by atoms with E-state index in [4.69, 9.17) is 0 Å². The average Bonchev–Trinajstić information content (AvgIpc) is 3.03. The van der Waals surface area contributed by atoms with Gasteiger partial charge in [0.25, 0.3) is 0 Å². The topological polar surface area (TPSA) is 41.1 Å².